The molecule has 1 aromatic rings. The summed E-state index contributed by atoms with van der Waals surface area (Å²) in [5.74, 6) is 0. The zero-order valence-corrected chi connectivity index (χ0v) is 6.49. The van der Waals surface area contributed by atoms with Crippen molar-refractivity contribution < 1.29 is 0 Å². The molecular formula is C7H5AlN2. The summed E-state index contributed by atoms with van der Waals surface area (Å²) >= 11 is 2.46. The van der Waals surface area contributed by atoms with Crippen molar-refractivity contribution in [3.8, 4) is 6.07 Å². The molecule has 1 aromatic carbocycles. The number of rotatable bonds is 0. The van der Waals surface area contributed by atoms with E-state index in [1.165, 1.54) is 0 Å². The lowest BCUT2D eigenvalue weighted by Crippen LogP contribution is -2.09. The van der Waals surface area contributed by atoms with Gasteiger partial charge < -0.3 is 5.73 Å². The number of hydrogen-bond donors (Lipinski definition) is 1. The number of benzene rings is 1. The van der Waals surface area contributed by atoms with E-state index < -0.39 is 0 Å². The summed E-state index contributed by atoms with van der Waals surface area (Å²) in [6.07, 6.45) is 0. The van der Waals surface area contributed by atoms with Crippen LogP contribution in [0.1, 0.15) is 5.56 Å². The highest BCUT2D eigenvalue weighted by Crippen LogP contribution is 2.04. The number of hydrogen-bond acceptors (Lipinski definition) is 2. The lowest BCUT2D eigenvalue weighted by Gasteiger charge is -1.99. The minimum atomic E-state index is 0.537. The molecule has 0 saturated carbocycles. The van der Waals surface area contributed by atoms with E-state index in [9.17, 15) is 0 Å². The van der Waals surface area contributed by atoms with E-state index in [1.807, 2.05) is 18.2 Å². The highest BCUT2D eigenvalue weighted by molar-refractivity contribution is 6.34. The maximum Gasteiger partial charge on any atom is 0.177 e. The summed E-state index contributed by atoms with van der Waals surface area (Å²) in [5, 5.41) is 8.56. The standard InChI is InChI=1S/C7H5N2.Al/c8-5-6-3-1-2-4-7(6)9;/h1-2,4H,9H2;. The molecule has 0 atom stereocenters. The molecule has 2 radical (unpaired) electrons. The second-order valence-corrected chi connectivity index (χ2v) is 2.55. The Morgan fingerprint density at radius 3 is 2.60 bits per heavy atom. The van der Waals surface area contributed by atoms with Crippen LogP contribution in [0.25, 0.3) is 0 Å². The van der Waals surface area contributed by atoms with Crippen molar-refractivity contribution >= 4 is 26.4 Å². The fraction of sp³-hybridized carbons (Fsp3) is 0. The SMILES string of the molecule is N#Cc1c(N)ccc[c]1[Al]. The fourth-order valence-corrected chi connectivity index (χ4v) is 1.06. The highest BCUT2D eigenvalue weighted by Gasteiger charge is 1.97. The molecule has 2 N–H and O–H groups in total. The fourth-order valence-electron chi connectivity index (χ4n) is 0.718. The van der Waals surface area contributed by atoms with Gasteiger partial charge in [-0.15, -0.1) is 4.43 Å². The second-order valence-electron chi connectivity index (χ2n) is 1.92. The Kier molecular flexibility index (Phi) is 1.97. The molecule has 10 heavy (non-hydrogen) atoms. The molecule has 0 amide bonds. The van der Waals surface area contributed by atoms with Gasteiger partial charge in [0, 0.05) is 5.69 Å². The Morgan fingerprint density at radius 1 is 1.50 bits per heavy atom. The smallest absolute Gasteiger partial charge is 0.177 e. The number of anilines is 1. The van der Waals surface area contributed by atoms with Gasteiger partial charge in [-0.05, 0) is 6.07 Å². The molecule has 0 spiro atoms. The summed E-state index contributed by atoms with van der Waals surface area (Å²) in [7, 11) is 0. The molecule has 0 bridgehead atoms. The van der Waals surface area contributed by atoms with E-state index in [1.54, 1.807) is 6.07 Å². The van der Waals surface area contributed by atoms with Crippen LogP contribution in [0.15, 0.2) is 18.2 Å². The Hall–Kier alpha value is -0.958. The van der Waals surface area contributed by atoms with Gasteiger partial charge in [-0.3, -0.25) is 0 Å². The van der Waals surface area contributed by atoms with E-state index in [0.717, 1.165) is 4.43 Å². The van der Waals surface area contributed by atoms with Crippen LogP contribution >= 0.6 is 0 Å². The van der Waals surface area contributed by atoms with Crippen molar-refractivity contribution in [1.82, 2.24) is 0 Å². The van der Waals surface area contributed by atoms with Gasteiger partial charge in [-0.1, -0.05) is 12.1 Å². The molecule has 0 saturated heterocycles. The van der Waals surface area contributed by atoms with Crippen LogP contribution in [0.3, 0.4) is 0 Å². The number of nitrogens with two attached hydrogens (primary N) is 1. The number of nitriles is 1. The first-order valence-electron chi connectivity index (χ1n) is 2.79. The zero-order chi connectivity index (χ0) is 7.56. The third kappa shape index (κ3) is 1.14. The summed E-state index contributed by atoms with van der Waals surface area (Å²) in [6.45, 7) is 0. The third-order valence-electron chi connectivity index (χ3n) is 1.24. The van der Waals surface area contributed by atoms with Gasteiger partial charge in [-0.2, -0.15) is 5.26 Å². The van der Waals surface area contributed by atoms with Crippen LogP contribution in [0.4, 0.5) is 5.69 Å². The molecule has 0 aliphatic carbocycles. The van der Waals surface area contributed by atoms with Gasteiger partial charge >= 0.3 is 0 Å². The van der Waals surface area contributed by atoms with E-state index >= 15 is 0 Å². The topological polar surface area (TPSA) is 49.8 Å². The quantitative estimate of drug-likeness (QED) is 0.409. The van der Waals surface area contributed by atoms with E-state index in [-0.39, 0.29) is 0 Å². The lowest BCUT2D eigenvalue weighted by molar-refractivity contribution is 1.50. The molecule has 0 heterocycles. The molecule has 2 nitrogen and oxygen atoms in total. The Morgan fingerprint density at radius 2 is 2.20 bits per heavy atom. The molecule has 0 unspecified atom stereocenters. The largest absolute Gasteiger partial charge is 0.398 e. The average molecular weight is 144 g/mol. The van der Waals surface area contributed by atoms with E-state index in [2.05, 4.69) is 16.3 Å². The van der Waals surface area contributed by atoms with Crippen molar-refractivity contribution in [1.29, 1.82) is 5.26 Å². The predicted molar refractivity (Wildman–Crippen MR) is 41.0 cm³/mol. The normalized spacial score (nSPS) is 8.70. The van der Waals surface area contributed by atoms with Crippen LogP contribution in [0.5, 0.6) is 0 Å². The second kappa shape index (κ2) is 2.75. The van der Waals surface area contributed by atoms with Crippen molar-refractivity contribution in [3.05, 3.63) is 23.8 Å². The predicted octanol–water partition coefficient (Wildman–Crippen LogP) is -0.0657. The zero-order valence-electron chi connectivity index (χ0n) is 5.33. The van der Waals surface area contributed by atoms with Crippen LogP contribution in [-0.4, -0.2) is 16.3 Å². The Labute approximate surface area is 67.7 Å². The van der Waals surface area contributed by atoms with Crippen LogP contribution in [0, 0.1) is 11.3 Å². The number of nitrogens with zero attached hydrogens (tertiary/aromatic N) is 1. The van der Waals surface area contributed by atoms with E-state index in [4.69, 9.17) is 11.0 Å². The third-order valence-corrected chi connectivity index (χ3v) is 1.72. The molecule has 0 aliphatic heterocycles. The molecule has 3 heteroatoms. The maximum atomic E-state index is 8.56. The minimum absolute atomic E-state index is 0.537. The average Bonchev–Trinajstić information content (AvgIpc) is 1.88. The highest BCUT2D eigenvalue weighted by atomic mass is 27.0. The molecule has 0 aliphatic rings. The van der Waals surface area contributed by atoms with Crippen molar-refractivity contribution in [2.75, 3.05) is 5.73 Å². The van der Waals surface area contributed by atoms with Crippen molar-refractivity contribution in [2.24, 2.45) is 0 Å². The van der Waals surface area contributed by atoms with Gasteiger partial charge in [0.05, 0.1) is 11.6 Å². The molecule has 1 rings (SSSR count). The maximum absolute atomic E-state index is 8.56. The van der Waals surface area contributed by atoms with Gasteiger partial charge in [0.15, 0.2) is 16.3 Å². The lowest BCUT2D eigenvalue weighted by atomic mass is 10.2. The van der Waals surface area contributed by atoms with Gasteiger partial charge in [0.2, 0.25) is 0 Å². The molecular weight excluding hydrogens is 139 g/mol. The summed E-state index contributed by atoms with van der Waals surface area (Å²) in [6, 6.07) is 7.38. The van der Waals surface area contributed by atoms with Gasteiger partial charge in [-0.25, -0.2) is 0 Å². The first-order chi connectivity index (χ1) is 4.75. The first-order valence-corrected chi connectivity index (χ1v) is 3.37. The van der Waals surface area contributed by atoms with Gasteiger partial charge in [0.25, 0.3) is 0 Å². The van der Waals surface area contributed by atoms with Crippen molar-refractivity contribution in [2.45, 2.75) is 0 Å². The van der Waals surface area contributed by atoms with Crippen LogP contribution in [0.2, 0.25) is 0 Å². The Bertz CT molecular complexity index is 268. The molecule has 0 aromatic heterocycles. The monoisotopic (exact) mass is 144 g/mol. The summed E-state index contributed by atoms with van der Waals surface area (Å²) in [4.78, 5) is 0. The molecule has 0 fully saturated rings. The Balaban J connectivity index is 3.34. The van der Waals surface area contributed by atoms with Crippen LogP contribution < -0.4 is 10.2 Å². The van der Waals surface area contributed by atoms with Crippen LogP contribution in [-0.2, 0) is 0 Å². The molecule has 46 valence electrons. The van der Waals surface area contributed by atoms with E-state index in [0.29, 0.717) is 11.3 Å². The number of nitrogen functional groups attached to an aromatic ring is 1. The van der Waals surface area contributed by atoms with Crippen molar-refractivity contribution in [3.63, 3.8) is 0 Å². The summed E-state index contributed by atoms with van der Waals surface area (Å²) in [5.41, 5.74) is 6.58. The summed E-state index contributed by atoms with van der Waals surface area (Å²) < 4.78 is 0.850. The van der Waals surface area contributed by atoms with Gasteiger partial charge in [0.1, 0.15) is 0 Å². The first kappa shape index (κ1) is 7.15. The minimum Gasteiger partial charge on any atom is -0.398 e.